The number of hydrogen-bond acceptors (Lipinski definition) is 5. The van der Waals surface area contributed by atoms with Crippen LogP contribution in [-0.2, 0) is 0 Å². The Labute approximate surface area is 150 Å². The molecule has 1 amide bonds. The molecule has 0 atom stereocenters. The number of rotatable bonds is 4. The van der Waals surface area contributed by atoms with Crippen LogP contribution in [0.15, 0.2) is 42.5 Å². The predicted octanol–water partition coefficient (Wildman–Crippen LogP) is 4.70. The number of nitrogens with one attached hydrogen (secondary N) is 1. The fourth-order valence-electron chi connectivity index (χ4n) is 2.57. The number of anilines is 2. The summed E-state index contributed by atoms with van der Waals surface area (Å²) in [4.78, 5) is 16.7. The van der Waals surface area contributed by atoms with Crippen LogP contribution in [0.1, 0.15) is 27.2 Å². The summed E-state index contributed by atoms with van der Waals surface area (Å²) < 4.78 is 5.82. The van der Waals surface area contributed by atoms with Crippen LogP contribution in [0.3, 0.4) is 0 Å². The molecule has 0 aliphatic carbocycles. The molecule has 0 saturated heterocycles. The standard InChI is InChI=1S/C19H19N3O2S/c1-11-5-4-6-14(9-11)24-16-8-7-15(25-16)22-19(23)17-12(2)10-13(3)21-18(17)20/h4-10H,1-3H3,(H2,20,21)(H,22,23). The van der Waals surface area contributed by atoms with Crippen molar-refractivity contribution in [2.24, 2.45) is 0 Å². The van der Waals surface area contributed by atoms with Gasteiger partial charge in [0.05, 0.1) is 10.6 Å². The molecule has 0 saturated carbocycles. The first-order valence-corrected chi connectivity index (χ1v) is 8.63. The lowest BCUT2D eigenvalue weighted by Crippen LogP contribution is -2.16. The lowest BCUT2D eigenvalue weighted by atomic mass is 10.1. The molecule has 0 radical (unpaired) electrons. The number of nitrogen functional groups attached to an aromatic ring is 1. The summed E-state index contributed by atoms with van der Waals surface area (Å²) in [7, 11) is 0. The Morgan fingerprint density at radius 2 is 1.96 bits per heavy atom. The van der Waals surface area contributed by atoms with Gasteiger partial charge in [-0.25, -0.2) is 4.98 Å². The van der Waals surface area contributed by atoms with E-state index in [9.17, 15) is 4.79 Å². The average Bonchev–Trinajstić information content (AvgIpc) is 2.93. The number of aryl methyl sites for hydroxylation is 3. The van der Waals surface area contributed by atoms with Crippen molar-refractivity contribution in [2.45, 2.75) is 20.8 Å². The molecule has 0 aliphatic heterocycles. The predicted molar refractivity (Wildman–Crippen MR) is 102 cm³/mol. The van der Waals surface area contributed by atoms with Gasteiger partial charge in [0.15, 0.2) is 5.06 Å². The van der Waals surface area contributed by atoms with Crippen LogP contribution in [0.4, 0.5) is 10.8 Å². The Balaban J connectivity index is 1.74. The molecule has 0 bridgehead atoms. The van der Waals surface area contributed by atoms with Gasteiger partial charge in [0.1, 0.15) is 11.6 Å². The van der Waals surface area contributed by atoms with Crippen LogP contribution in [0.5, 0.6) is 10.8 Å². The van der Waals surface area contributed by atoms with Crippen LogP contribution < -0.4 is 15.8 Å². The summed E-state index contributed by atoms with van der Waals surface area (Å²) in [6.45, 7) is 5.70. The average molecular weight is 353 g/mol. The molecular weight excluding hydrogens is 334 g/mol. The van der Waals surface area contributed by atoms with Gasteiger partial charge in [-0.15, -0.1) is 0 Å². The van der Waals surface area contributed by atoms with Gasteiger partial charge in [0.2, 0.25) is 0 Å². The van der Waals surface area contributed by atoms with Crippen molar-refractivity contribution in [3.63, 3.8) is 0 Å². The molecule has 5 nitrogen and oxygen atoms in total. The van der Waals surface area contributed by atoms with E-state index in [1.54, 1.807) is 6.07 Å². The molecule has 25 heavy (non-hydrogen) atoms. The maximum atomic E-state index is 12.5. The summed E-state index contributed by atoms with van der Waals surface area (Å²) >= 11 is 1.36. The van der Waals surface area contributed by atoms with E-state index in [4.69, 9.17) is 10.5 Å². The molecule has 128 valence electrons. The SMILES string of the molecule is Cc1cccc(Oc2ccc(NC(=O)c3c(C)cc(C)nc3N)s2)c1. The zero-order valence-electron chi connectivity index (χ0n) is 14.3. The van der Waals surface area contributed by atoms with E-state index in [2.05, 4.69) is 10.3 Å². The van der Waals surface area contributed by atoms with Crippen molar-refractivity contribution < 1.29 is 9.53 Å². The van der Waals surface area contributed by atoms with Gasteiger partial charge in [0, 0.05) is 5.69 Å². The second-order valence-corrected chi connectivity index (χ2v) is 6.88. The Morgan fingerprint density at radius 1 is 1.16 bits per heavy atom. The number of carbonyl (C=O) groups excluding carboxylic acids is 1. The van der Waals surface area contributed by atoms with E-state index in [-0.39, 0.29) is 11.7 Å². The zero-order chi connectivity index (χ0) is 18.0. The van der Waals surface area contributed by atoms with Gasteiger partial charge in [-0.1, -0.05) is 23.5 Å². The molecule has 3 N–H and O–H groups in total. The summed E-state index contributed by atoms with van der Waals surface area (Å²) in [5, 5.41) is 4.25. The van der Waals surface area contributed by atoms with E-state index in [0.29, 0.717) is 15.6 Å². The molecule has 0 unspecified atom stereocenters. The van der Waals surface area contributed by atoms with Gasteiger partial charge < -0.3 is 15.8 Å². The maximum Gasteiger partial charge on any atom is 0.260 e. The minimum Gasteiger partial charge on any atom is -0.447 e. The van der Waals surface area contributed by atoms with Crippen molar-refractivity contribution in [2.75, 3.05) is 11.1 Å². The molecule has 1 aromatic carbocycles. The minimum absolute atomic E-state index is 0.239. The number of nitrogens with zero attached hydrogens (tertiary/aromatic N) is 1. The van der Waals surface area contributed by atoms with Crippen LogP contribution in [-0.4, -0.2) is 10.9 Å². The topological polar surface area (TPSA) is 77.2 Å². The molecule has 2 aromatic heterocycles. The highest BCUT2D eigenvalue weighted by Gasteiger charge is 2.16. The van der Waals surface area contributed by atoms with E-state index >= 15 is 0 Å². The number of aromatic nitrogens is 1. The number of thiophene rings is 1. The van der Waals surface area contributed by atoms with Gasteiger partial charge in [-0.3, -0.25) is 4.79 Å². The van der Waals surface area contributed by atoms with Crippen LogP contribution in [0.25, 0.3) is 0 Å². The molecule has 0 fully saturated rings. The molecule has 3 rings (SSSR count). The molecule has 3 aromatic rings. The first-order valence-electron chi connectivity index (χ1n) is 7.82. The van der Waals surface area contributed by atoms with E-state index < -0.39 is 0 Å². The quantitative estimate of drug-likeness (QED) is 0.713. The fourth-order valence-corrected chi connectivity index (χ4v) is 3.34. The number of hydrogen-bond donors (Lipinski definition) is 2. The molecular formula is C19H19N3O2S. The first kappa shape index (κ1) is 17.0. The second kappa shape index (κ2) is 6.94. The highest BCUT2D eigenvalue weighted by Crippen LogP contribution is 2.33. The van der Waals surface area contributed by atoms with Gasteiger partial charge in [-0.2, -0.15) is 0 Å². The normalized spacial score (nSPS) is 10.5. The van der Waals surface area contributed by atoms with Crippen LogP contribution in [0, 0.1) is 20.8 Å². The van der Waals surface area contributed by atoms with Crippen molar-refractivity contribution in [3.05, 3.63) is 64.8 Å². The van der Waals surface area contributed by atoms with E-state index in [0.717, 1.165) is 22.6 Å². The second-order valence-electron chi connectivity index (χ2n) is 5.83. The van der Waals surface area contributed by atoms with Crippen molar-refractivity contribution in [1.82, 2.24) is 4.98 Å². The lowest BCUT2D eigenvalue weighted by Gasteiger charge is -2.09. The van der Waals surface area contributed by atoms with E-state index in [1.165, 1.54) is 11.3 Å². The Kier molecular flexibility index (Phi) is 4.72. The fraction of sp³-hybridized carbons (Fsp3) is 0.158. The smallest absolute Gasteiger partial charge is 0.260 e. The lowest BCUT2D eigenvalue weighted by molar-refractivity contribution is 0.102. The third-order valence-electron chi connectivity index (χ3n) is 3.63. The van der Waals surface area contributed by atoms with Gasteiger partial charge in [-0.05, 0) is 62.2 Å². The highest BCUT2D eigenvalue weighted by molar-refractivity contribution is 7.18. The summed E-state index contributed by atoms with van der Waals surface area (Å²) in [5.74, 6) is 0.733. The molecule has 0 spiro atoms. The highest BCUT2D eigenvalue weighted by atomic mass is 32.1. The molecule has 2 heterocycles. The number of ether oxygens (including phenoxy) is 1. The number of nitrogens with two attached hydrogens (primary N) is 1. The van der Waals surface area contributed by atoms with Crippen LogP contribution in [0.2, 0.25) is 0 Å². The van der Waals surface area contributed by atoms with Crippen molar-refractivity contribution in [3.8, 4) is 10.8 Å². The molecule has 6 heteroatoms. The maximum absolute atomic E-state index is 12.5. The Bertz CT molecular complexity index is 911. The summed E-state index contributed by atoms with van der Waals surface area (Å²) in [6, 6.07) is 13.3. The third-order valence-corrected chi connectivity index (χ3v) is 4.50. The monoisotopic (exact) mass is 353 g/mol. The van der Waals surface area contributed by atoms with E-state index in [1.807, 2.05) is 57.2 Å². The van der Waals surface area contributed by atoms with Crippen molar-refractivity contribution >= 4 is 28.1 Å². The van der Waals surface area contributed by atoms with Gasteiger partial charge >= 0.3 is 0 Å². The number of amides is 1. The first-order chi connectivity index (χ1) is 11.9. The molecule has 0 aliphatic rings. The zero-order valence-corrected chi connectivity index (χ0v) is 15.1. The minimum atomic E-state index is -0.272. The van der Waals surface area contributed by atoms with Crippen molar-refractivity contribution in [1.29, 1.82) is 0 Å². The Morgan fingerprint density at radius 3 is 2.68 bits per heavy atom. The van der Waals surface area contributed by atoms with Gasteiger partial charge in [0.25, 0.3) is 5.91 Å². The summed E-state index contributed by atoms with van der Waals surface area (Å²) in [6.07, 6.45) is 0. The largest absolute Gasteiger partial charge is 0.447 e. The Hall–Kier alpha value is -2.86. The number of carbonyl (C=O) groups is 1. The van der Waals surface area contributed by atoms with Crippen LogP contribution >= 0.6 is 11.3 Å². The summed E-state index contributed by atoms with van der Waals surface area (Å²) in [5.41, 5.74) is 9.02. The third kappa shape index (κ3) is 3.97. The number of benzene rings is 1. The number of pyridine rings is 1.